The normalized spacial score (nSPS) is 11.8. The molecule has 0 heterocycles. The summed E-state index contributed by atoms with van der Waals surface area (Å²) in [7, 11) is -3.75. The molecule has 0 aliphatic carbocycles. The van der Waals surface area contributed by atoms with Crippen LogP contribution in [0.2, 0.25) is 0 Å². The van der Waals surface area contributed by atoms with Gasteiger partial charge >= 0.3 is 5.97 Å². The van der Waals surface area contributed by atoms with Crippen LogP contribution in [0.3, 0.4) is 0 Å². The summed E-state index contributed by atoms with van der Waals surface area (Å²) >= 11 is 0. The van der Waals surface area contributed by atoms with E-state index in [9.17, 15) is 13.2 Å². The molecule has 0 aliphatic heterocycles. The predicted octanol–water partition coefficient (Wildman–Crippen LogP) is 2.28. The molecular weight excluding hydrogens is 278 g/mol. The van der Waals surface area contributed by atoms with Gasteiger partial charge < -0.3 is 5.11 Å². The van der Waals surface area contributed by atoms with E-state index in [-0.39, 0.29) is 28.6 Å². The summed E-state index contributed by atoms with van der Waals surface area (Å²) < 4.78 is 26.6. The third-order valence-electron chi connectivity index (χ3n) is 2.99. The van der Waals surface area contributed by atoms with Crippen molar-refractivity contribution in [2.75, 3.05) is 6.54 Å². The fraction of sp³-hybridized carbons (Fsp3) is 0.357. The van der Waals surface area contributed by atoms with Crippen molar-refractivity contribution in [3.05, 3.63) is 42.0 Å². The third kappa shape index (κ3) is 3.08. The first kappa shape index (κ1) is 16.4. The number of rotatable bonds is 6. The molecule has 1 rings (SSSR count). The summed E-state index contributed by atoms with van der Waals surface area (Å²) in [5, 5.41) is 9.08. The van der Waals surface area contributed by atoms with Gasteiger partial charge in [0.1, 0.15) is 0 Å². The number of hydrogen-bond donors (Lipinski definition) is 1. The van der Waals surface area contributed by atoms with Gasteiger partial charge in [0.2, 0.25) is 10.0 Å². The lowest BCUT2D eigenvalue weighted by Crippen LogP contribution is -2.37. The van der Waals surface area contributed by atoms with Gasteiger partial charge in [-0.05, 0) is 38.5 Å². The van der Waals surface area contributed by atoms with Crippen molar-refractivity contribution in [1.29, 1.82) is 0 Å². The first-order valence-corrected chi connectivity index (χ1v) is 7.63. The second-order valence-electron chi connectivity index (χ2n) is 4.69. The van der Waals surface area contributed by atoms with Crippen LogP contribution in [0.25, 0.3) is 0 Å². The maximum atomic E-state index is 12.6. The number of carboxylic acids is 1. The minimum atomic E-state index is -3.75. The van der Waals surface area contributed by atoms with E-state index in [2.05, 4.69) is 6.58 Å². The monoisotopic (exact) mass is 297 g/mol. The summed E-state index contributed by atoms with van der Waals surface area (Å²) in [4.78, 5) is 11.1. The van der Waals surface area contributed by atoms with Crippen LogP contribution in [0.5, 0.6) is 0 Å². The zero-order valence-corrected chi connectivity index (χ0v) is 12.6. The molecule has 6 heteroatoms. The highest BCUT2D eigenvalue weighted by Crippen LogP contribution is 2.24. The largest absolute Gasteiger partial charge is 0.478 e. The lowest BCUT2D eigenvalue weighted by molar-refractivity contribution is 0.0696. The standard InChI is InChI=1S/C14H19NO4S/c1-5-9-15(10(2)3)20(18,19)13-8-6-7-12(11(13)4)14(16)17/h5-8,10H,1,9H2,2-4H3,(H,16,17). The Labute approximate surface area is 119 Å². The molecule has 0 radical (unpaired) electrons. The molecule has 0 spiro atoms. The number of aromatic carboxylic acids is 1. The van der Waals surface area contributed by atoms with E-state index < -0.39 is 16.0 Å². The Balaban J connectivity index is 3.46. The number of sulfonamides is 1. The number of carbonyl (C=O) groups is 1. The molecule has 0 aromatic heterocycles. The molecule has 5 nitrogen and oxygen atoms in total. The van der Waals surface area contributed by atoms with Gasteiger partial charge in [0, 0.05) is 12.6 Å². The van der Waals surface area contributed by atoms with Crippen molar-refractivity contribution in [3.63, 3.8) is 0 Å². The van der Waals surface area contributed by atoms with Crippen LogP contribution in [0.15, 0.2) is 35.7 Å². The zero-order valence-electron chi connectivity index (χ0n) is 11.8. The summed E-state index contributed by atoms with van der Waals surface area (Å²) in [5.41, 5.74) is 0.239. The second-order valence-corrected chi connectivity index (χ2v) is 6.55. The first-order valence-electron chi connectivity index (χ1n) is 6.19. The van der Waals surface area contributed by atoms with Crippen molar-refractivity contribution >= 4 is 16.0 Å². The molecular formula is C14H19NO4S. The van der Waals surface area contributed by atoms with Gasteiger partial charge in [-0.15, -0.1) is 6.58 Å². The lowest BCUT2D eigenvalue weighted by Gasteiger charge is -2.25. The van der Waals surface area contributed by atoms with Crippen molar-refractivity contribution in [2.45, 2.75) is 31.7 Å². The van der Waals surface area contributed by atoms with Gasteiger partial charge in [0.15, 0.2) is 0 Å². The molecule has 0 amide bonds. The average Bonchev–Trinajstić information content (AvgIpc) is 2.34. The number of nitrogens with zero attached hydrogens (tertiary/aromatic N) is 1. The SMILES string of the molecule is C=CCN(C(C)C)S(=O)(=O)c1cccc(C(=O)O)c1C. The Hall–Kier alpha value is -1.66. The molecule has 0 aliphatic rings. The Morgan fingerprint density at radius 2 is 2.05 bits per heavy atom. The van der Waals surface area contributed by atoms with E-state index in [1.54, 1.807) is 13.8 Å². The van der Waals surface area contributed by atoms with E-state index >= 15 is 0 Å². The van der Waals surface area contributed by atoms with Crippen LogP contribution in [0, 0.1) is 6.92 Å². The highest BCUT2D eigenvalue weighted by Gasteiger charge is 2.28. The highest BCUT2D eigenvalue weighted by atomic mass is 32.2. The summed E-state index contributed by atoms with van der Waals surface area (Å²) in [5.74, 6) is -1.14. The van der Waals surface area contributed by atoms with Crippen LogP contribution in [0.1, 0.15) is 29.8 Å². The van der Waals surface area contributed by atoms with Crippen LogP contribution in [-0.2, 0) is 10.0 Å². The van der Waals surface area contributed by atoms with Crippen LogP contribution in [-0.4, -0.2) is 36.4 Å². The number of hydrogen-bond acceptors (Lipinski definition) is 3. The Morgan fingerprint density at radius 3 is 2.50 bits per heavy atom. The van der Waals surface area contributed by atoms with E-state index in [4.69, 9.17) is 5.11 Å². The van der Waals surface area contributed by atoms with Crippen molar-refractivity contribution < 1.29 is 18.3 Å². The van der Waals surface area contributed by atoms with Crippen molar-refractivity contribution in [1.82, 2.24) is 4.31 Å². The third-order valence-corrected chi connectivity index (χ3v) is 5.17. The predicted molar refractivity (Wildman–Crippen MR) is 77.4 cm³/mol. The molecule has 0 saturated heterocycles. The lowest BCUT2D eigenvalue weighted by atomic mass is 10.1. The smallest absolute Gasteiger partial charge is 0.335 e. The minimum absolute atomic E-state index is 0.00613. The molecule has 1 aromatic rings. The Kier molecular flexibility index (Phi) is 5.08. The van der Waals surface area contributed by atoms with Gasteiger partial charge in [0.05, 0.1) is 10.5 Å². The van der Waals surface area contributed by atoms with Crippen LogP contribution < -0.4 is 0 Å². The Morgan fingerprint density at radius 1 is 1.45 bits per heavy atom. The molecule has 1 N–H and O–H groups in total. The van der Waals surface area contributed by atoms with Gasteiger partial charge in [-0.1, -0.05) is 12.1 Å². The molecule has 110 valence electrons. The fourth-order valence-corrected chi connectivity index (χ4v) is 3.82. The van der Waals surface area contributed by atoms with Gasteiger partial charge in [0.25, 0.3) is 0 Å². The van der Waals surface area contributed by atoms with Gasteiger partial charge in [-0.3, -0.25) is 0 Å². The quantitative estimate of drug-likeness (QED) is 0.817. The maximum absolute atomic E-state index is 12.6. The fourth-order valence-electron chi connectivity index (χ4n) is 1.97. The molecule has 0 saturated carbocycles. The van der Waals surface area contributed by atoms with E-state index in [1.807, 2.05) is 0 Å². The molecule has 0 unspecified atom stereocenters. The minimum Gasteiger partial charge on any atom is -0.478 e. The average molecular weight is 297 g/mol. The second kappa shape index (κ2) is 6.19. The summed E-state index contributed by atoms with van der Waals surface area (Å²) in [6, 6.07) is 4.01. The summed E-state index contributed by atoms with van der Waals surface area (Å²) in [6.45, 7) is 8.76. The van der Waals surface area contributed by atoms with E-state index in [0.717, 1.165) is 0 Å². The van der Waals surface area contributed by atoms with Crippen LogP contribution >= 0.6 is 0 Å². The molecule has 0 atom stereocenters. The van der Waals surface area contributed by atoms with Crippen molar-refractivity contribution in [3.8, 4) is 0 Å². The maximum Gasteiger partial charge on any atom is 0.335 e. The Bertz CT molecular complexity index is 620. The first-order chi connectivity index (χ1) is 9.23. The van der Waals surface area contributed by atoms with Gasteiger partial charge in [-0.25, -0.2) is 13.2 Å². The van der Waals surface area contributed by atoms with Crippen molar-refractivity contribution in [2.24, 2.45) is 0 Å². The zero-order chi connectivity index (χ0) is 15.5. The molecule has 0 fully saturated rings. The van der Waals surface area contributed by atoms with Crippen LogP contribution in [0.4, 0.5) is 0 Å². The number of carboxylic acid groups (broad SMARTS) is 1. The molecule has 1 aromatic carbocycles. The topological polar surface area (TPSA) is 74.7 Å². The van der Waals surface area contributed by atoms with E-state index in [1.165, 1.54) is 35.5 Å². The number of benzene rings is 1. The summed E-state index contributed by atoms with van der Waals surface area (Å²) in [6.07, 6.45) is 1.51. The van der Waals surface area contributed by atoms with Gasteiger partial charge in [-0.2, -0.15) is 4.31 Å². The molecule has 20 heavy (non-hydrogen) atoms. The molecule has 0 bridgehead atoms. The van der Waals surface area contributed by atoms with E-state index in [0.29, 0.717) is 0 Å². The highest BCUT2D eigenvalue weighted by molar-refractivity contribution is 7.89.